The third kappa shape index (κ3) is 3.53. The number of aryl methyl sites for hydroxylation is 1. The Kier molecular flexibility index (Phi) is 4.91. The molecule has 2 N–H and O–H groups in total. The molecule has 0 saturated heterocycles. The van der Waals surface area contributed by atoms with Crippen molar-refractivity contribution in [1.29, 1.82) is 0 Å². The highest BCUT2D eigenvalue weighted by molar-refractivity contribution is 7.89. The number of aromatic nitrogens is 2. The molecule has 0 saturated carbocycles. The Labute approximate surface area is 162 Å². The lowest BCUT2D eigenvalue weighted by Gasteiger charge is -2.18. The van der Waals surface area contributed by atoms with Crippen LogP contribution in [0.3, 0.4) is 0 Å². The largest absolute Gasteiger partial charge is 0.468 e. The van der Waals surface area contributed by atoms with E-state index in [-0.39, 0.29) is 17.0 Å². The zero-order valence-corrected chi connectivity index (χ0v) is 16.3. The van der Waals surface area contributed by atoms with Crippen LogP contribution in [0, 0.1) is 6.92 Å². The lowest BCUT2D eigenvalue weighted by atomic mass is 9.90. The summed E-state index contributed by atoms with van der Waals surface area (Å²) in [5, 5.41) is 6.79. The molecule has 8 heteroatoms. The maximum absolute atomic E-state index is 12.8. The van der Waals surface area contributed by atoms with E-state index in [0.717, 1.165) is 36.8 Å². The average molecular weight is 399 g/mol. The molecule has 4 rings (SSSR count). The Morgan fingerprint density at radius 1 is 1.18 bits per heavy atom. The number of furan rings is 1. The minimum Gasteiger partial charge on any atom is -0.468 e. The molecule has 0 bridgehead atoms. The predicted octanol–water partition coefficient (Wildman–Crippen LogP) is 2.70. The minimum atomic E-state index is -3.74. The third-order valence-electron chi connectivity index (χ3n) is 5.06. The molecule has 0 fully saturated rings. The summed E-state index contributed by atoms with van der Waals surface area (Å²) in [4.78, 5) is 12.3. The molecule has 3 aromatic rings. The number of nitrogens with one attached hydrogen (secondary N) is 2. The number of rotatable bonds is 5. The number of aromatic amines is 1. The Bertz CT molecular complexity index is 1160. The van der Waals surface area contributed by atoms with Gasteiger partial charge >= 0.3 is 0 Å². The standard InChI is InChI=1S/C20H21N3O4S/c1-13-8-9-14(19-16-6-2-3-7-17(16)20(24)23-22-19)11-18(13)28(25,26)21-12-15-5-4-10-27-15/h4-5,8-11,21H,2-3,6-7,12H2,1H3,(H,23,24). The molecular formula is C20H21N3O4S. The molecule has 146 valence electrons. The van der Waals surface area contributed by atoms with Gasteiger partial charge in [-0.2, -0.15) is 5.10 Å². The summed E-state index contributed by atoms with van der Waals surface area (Å²) < 4.78 is 33.4. The van der Waals surface area contributed by atoms with Gasteiger partial charge in [-0.1, -0.05) is 12.1 Å². The lowest BCUT2D eigenvalue weighted by molar-refractivity contribution is 0.498. The first-order chi connectivity index (χ1) is 13.5. The number of fused-ring (bicyclic) bond motifs is 1. The fraction of sp³-hybridized carbons (Fsp3) is 0.300. The molecular weight excluding hydrogens is 378 g/mol. The Balaban J connectivity index is 1.73. The quantitative estimate of drug-likeness (QED) is 0.686. The van der Waals surface area contributed by atoms with Gasteiger partial charge in [0.25, 0.3) is 5.56 Å². The van der Waals surface area contributed by atoms with Crippen molar-refractivity contribution in [3.8, 4) is 11.3 Å². The van der Waals surface area contributed by atoms with Gasteiger partial charge in [0.2, 0.25) is 10.0 Å². The molecule has 2 heterocycles. The fourth-order valence-corrected chi connectivity index (χ4v) is 4.85. The van der Waals surface area contributed by atoms with E-state index in [1.54, 1.807) is 31.2 Å². The highest BCUT2D eigenvalue weighted by Gasteiger charge is 2.22. The van der Waals surface area contributed by atoms with E-state index in [1.165, 1.54) is 6.26 Å². The molecule has 0 amide bonds. The molecule has 0 spiro atoms. The fourth-order valence-electron chi connectivity index (χ4n) is 3.59. The van der Waals surface area contributed by atoms with Crippen LogP contribution in [0.15, 0.2) is 50.7 Å². The number of hydrogen-bond donors (Lipinski definition) is 2. The topological polar surface area (TPSA) is 105 Å². The first kappa shape index (κ1) is 18.6. The Morgan fingerprint density at radius 3 is 2.71 bits per heavy atom. The van der Waals surface area contributed by atoms with E-state index in [9.17, 15) is 13.2 Å². The number of benzene rings is 1. The zero-order valence-electron chi connectivity index (χ0n) is 15.5. The van der Waals surface area contributed by atoms with Crippen LogP contribution in [0.5, 0.6) is 0 Å². The highest BCUT2D eigenvalue weighted by Crippen LogP contribution is 2.30. The van der Waals surface area contributed by atoms with Crippen LogP contribution in [0.2, 0.25) is 0 Å². The molecule has 1 aliphatic carbocycles. The maximum atomic E-state index is 12.8. The molecule has 2 aromatic heterocycles. The summed E-state index contributed by atoms with van der Waals surface area (Å²) in [6.45, 7) is 1.83. The second-order valence-corrected chi connectivity index (χ2v) is 8.69. The number of H-pyrrole nitrogens is 1. The Morgan fingerprint density at radius 2 is 1.96 bits per heavy atom. The van der Waals surface area contributed by atoms with Crippen molar-refractivity contribution in [2.24, 2.45) is 0 Å². The van der Waals surface area contributed by atoms with E-state index >= 15 is 0 Å². The summed E-state index contributed by atoms with van der Waals surface area (Å²) in [5.74, 6) is 0.536. The molecule has 7 nitrogen and oxygen atoms in total. The second kappa shape index (κ2) is 7.37. The van der Waals surface area contributed by atoms with Gasteiger partial charge in [-0.25, -0.2) is 18.2 Å². The van der Waals surface area contributed by atoms with Gasteiger partial charge in [0.05, 0.1) is 23.4 Å². The van der Waals surface area contributed by atoms with Gasteiger partial charge in [0.15, 0.2) is 0 Å². The number of nitrogens with zero attached hydrogens (tertiary/aromatic N) is 1. The van der Waals surface area contributed by atoms with Crippen LogP contribution in [0.25, 0.3) is 11.3 Å². The van der Waals surface area contributed by atoms with E-state index in [2.05, 4.69) is 14.9 Å². The number of sulfonamides is 1. The zero-order chi connectivity index (χ0) is 19.7. The molecule has 1 aromatic carbocycles. The smallest absolute Gasteiger partial charge is 0.267 e. The Hall–Kier alpha value is -2.71. The van der Waals surface area contributed by atoms with Crippen LogP contribution in [-0.4, -0.2) is 18.6 Å². The predicted molar refractivity (Wildman–Crippen MR) is 104 cm³/mol. The van der Waals surface area contributed by atoms with Crippen LogP contribution in [-0.2, 0) is 29.4 Å². The first-order valence-corrected chi connectivity index (χ1v) is 10.7. The molecule has 0 atom stereocenters. The van der Waals surface area contributed by atoms with E-state index in [0.29, 0.717) is 22.6 Å². The summed E-state index contributed by atoms with van der Waals surface area (Å²) in [6.07, 6.45) is 4.97. The van der Waals surface area contributed by atoms with Gasteiger partial charge < -0.3 is 4.42 Å². The van der Waals surface area contributed by atoms with E-state index < -0.39 is 10.0 Å². The third-order valence-corrected chi connectivity index (χ3v) is 6.61. The van der Waals surface area contributed by atoms with Gasteiger partial charge in [-0.15, -0.1) is 0 Å². The summed E-state index contributed by atoms with van der Waals surface area (Å²) in [5.41, 5.74) is 3.49. The summed E-state index contributed by atoms with van der Waals surface area (Å²) in [6, 6.07) is 8.65. The van der Waals surface area contributed by atoms with E-state index in [4.69, 9.17) is 4.42 Å². The first-order valence-electron chi connectivity index (χ1n) is 9.19. The maximum Gasteiger partial charge on any atom is 0.267 e. The lowest BCUT2D eigenvalue weighted by Crippen LogP contribution is -2.24. The number of hydrogen-bond acceptors (Lipinski definition) is 5. The SMILES string of the molecule is Cc1ccc(-c2n[nH]c(=O)c3c2CCCC3)cc1S(=O)(=O)NCc1ccco1. The minimum absolute atomic E-state index is 0.0747. The summed E-state index contributed by atoms with van der Waals surface area (Å²) in [7, 11) is -3.74. The van der Waals surface area contributed by atoms with Gasteiger partial charge in [0.1, 0.15) is 5.76 Å². The molecule has 1 aliphatic rings. The van der Waals surface area contributed by atoms with Crippen LogP contribution >= 0.6 is 0 Å². The normalized spacial score (nSPS) is 14.0. The molecule has 0 aliphatic heterocycles. The van der Waals surface area contributed by atoms with Crippen molar-refractivity contribution < 1.29 is 12.8 Å². The van der Waals surface area contributed by atoms with Gasteiger partial charge in [0, 0.05) is 11.1 Å². The molecule has 28 heavy (non-hydrogen) atoms. The highest BCUT2D eigenvalue weighted by atomic mass is 32.2. The molecule has 0 unspecified atom stereocenters. The van der Waals surface area contributed by atoms with Gasteiger partial charge in [-0.3, -0.25) is 4.79 Å². The van der Waals surface area contributed by atoms with Gasteiger partial charge in [-0.05, 0) is 61.9 Å². The monoisotopic (exact) mass is 399 g/mol. The van der Waals surface area contributed by atoms with Crippen molar-refractivity contribution in [3.63, 3.8) is 0 Å². The van der Waals surface area contributed by atoms with Crippen molar-refractivity contribution in [3.05, 3.63) is 69.4 Å². The van der Waals surface area contributed by atoms with Crippen LogP contribution < -0.4 is 10.3 Å². The summed E-state index contributed by atoms with van der Waals surface area (Å²) >= 11 is 0. The van der Waals surface area contributed by atoms with Crippen LogP contribution in [0.4, 0.5) is 0 Å². The average Bonchev–Trinajstić information content (AvgIpc) is 3.21. The van der Waals surface area contributed by atoms with Crippen LogP contribution in [0.1, 0.15) is 35.3 Å². The second-order valence-electron chi connectivity index (χ2n) is 6.95. The van der Waals surface area contributed by atoms with E-state index in [1.807, 2.05) is 6.07 Å². The van der Waals surface area contributed by atoms with Crippen molar-refractivity contribution in [1.82, 2.24) is 14.9 Å². The van der Waals surface area contributed by atoms with Crippen molar-refractivity contribution in [2.45, 2.75) is 44.0 Å². The van der Waals surface area contributed by atoms with Crippen molar-refractivity contribution >= 4 is 10.0 Å². The van der Waals surface area contributed by atoms with Crippen molar-refractivity contribution in [2.75, 3.05) is 0 Å². The molecule has 0 radical (unpaired) electrons.